The van der Waals surface area contributed by atoms with Gasteiger partial charge in [0.05, 0.1) is 0 Å². The smallest absolute Gasteiger partial charge is 0.353 e. The van der Waals surface area contributed by atoms with Crippen LogP contribution < -0.4 is 16.8 Å². The van der Waals surface area contributed by atoms with Crippen LogP contribution in [0, 0.1) is 0 Å². The minimum atomic E-state index is -1.21. The minimum Gasteiger partial charge on any atom is -0.477 e. The number of oxime groups is 1. The van der Waals surface area contributed by atoms with Gasteiger partial charge in [-0.1, -0.05) is 23.0 Å². The first-order chi connectivity index (χ1) is 14.4. The van der Waals surface area contributed by atoms with Crippen molar-refractivity contribution in [3.05, 3.63) is 33.2 Å². The summed E-state index contributed by atoms with van der Waals surface area (Å²) in [7, 11) is 1.28. The Kier molecular flexibility index (Phi) is 7.02. The summed E-state index contributed by atoms with van der Waals surface area (Å²) in [5, 5.41) is 18.8. The predicted molar refractivity (Wildman–Crippen MR) is 116 cm³/mol. The van der Waals surface area contributed by atoms with E-state index >= 15 is 0 Å². The molecule has 11 nitrogen and oxygen atoms in total. The third kappa shape index (κ3) is 4.30. The molecule has 2 aliphatic heterocycles. The van der Waals surface area contributed by atoms with Crippen molar-refractivity contribution in [1.82, 2.24) is 15.2 Å². The summed E-state index contributed by atoms with van der Waals surface area (Å²) in [5.74, 6) is -2.02. The van der Waals surface area contributed by atoms with Crippen LogP contribution in [0.4, 0.5) is 5.13 Å². The van der Waals surface area contributed by atoms with Crippen LogP contribution in [0.1, 0.15) is 5.69 Å². The Morgan fingerprint density at radius 3 is 2.93 bits per heavy atom. The van der Waals surface area contributed by atoms with Gasteiger partial charge in [0.15, 0.2) is 10.8 Å². The van der Waals surface area contributed by atoms with Crippen LogP contribution in [-0.2, 0) is 19.2 Å². The molecule has 3 rings (SSSR count). The van der Waals surface area contributed by atoms with E-state index in [9.17, 15) is 19.5 Å². The summed E-state index contributed by atoms with van der Waals surface area (Å²) in [5.41, 5.74) is 11.0. The molecule has 2 aliphatic rings. The summed E-state index contributed by atoms with van der Waals surface area (Å²) in [6.07, 6.45) is 1.69. The number of carbonyl (C=O) groups excluding carboxylic acids is 2. The number of aliphatic carboxylic acids is 1. The summed E-state index contributed by atoms with van der Waals surface area (Å²) in [6.45, 7) is 0.325. The molecule has 6 N–H and O–H groups in total. The zero-order valence-electron chi connectivity index (χ0n) is 15.6. The number of nitrogens with zero attached hydrogens (tertiary/aromatic N) is 3. The normalized spacial score (nSPS) is 21.5. The van der Waals surface area contributed by atoms with E-state index in [-0.39, 0.29) is 22.2 Å². The number of thioether (sulfide) groups is 2. The molecular formula is C16H18N6O5S3. The molecule has 30 heavy (non-hydrogen) atoms. The third-order valence-corrected chi connectivity index (χ3v) is 7.11. The number of nitrogen functional groups attached to an aromatic ring is 1. The number of rotatable bonds is 8. The Morgan fingerprint density at radius 1 is 1.57 bits per heavy atom. The molecule has 0 spiro atoms. The van der Waals surface area contributed by atoms with Gasteiger partial charge in [0.25, 0.3) is 11.8 Å². The number of hydrogen-bond donors (Lipinski definition) is 4. The fourth-order valence-electron chi connectivity index (χ4n) is 2.77. The second kappa shape index (κ2) is 9.51. The summed E-state index contributed by atoms with van der Waals surface area (Å²) >= 11 is 3.69. The highest BCUT2D eigenvalue weighted by Gasteiger charge is 2.54. The molecule has 0 aromatic carbocycles. The van der Waals surface area contributed by atoms with E-state index in [2.05, 4.69) is 15.5 Å². The Balaban J connectivity index is 1.77. The van der Waals surface area contributed by atoms with Crippen molar-refractivity contribution in [2.24, 2.45) is 10.9 Å². The van der Waals surface area contributed by atoms with E-state index in [1.54, 1.807) is 16.9 Å². The first kappa shape index (κ1) is 22.1. The van der Waals surface area contributed by atoms with Crippen molar-refractivity contribution in [2.75, 3.05) is 25.1 Å². The standard InChI is InChI=1S/C16H18N6O5S3/c1-27-21-9(7-5-30-16(18)19-7)12(23)20-10-13(24)22-11(15(25)26)8(6-29-14(10)22)28-4-2-3-17/h2,4-5,10,14H,3,6,17H2,1H3,(H2,18,19)(H,20,23)(H,25,26)/b4-2-,21-9-/t10?,14-/m1/s1. The Morgan fingerprint density at radius 2 is 2.33 bits per heavy atom. The number of fused-ring (bicyclic) bond motifs is 1. The second-order valence-corrected chi connectivity index (χ2v) is 8.85. The summed E-state index contributed by atoms with van der Waals surface area (Å²) in [4.78, 5) is 47.6. The van der Waals surface area contributed by atoms with Crippen LogP contribution >= 0.6 is 34.9 Å². The molecule has 14 heteroatoms. The lowest BCUT2D eigenvalue weighted by molar-refractivity contribution is -0.150. The quantitative estimate of drug-likeness (QED) is 0.230. The highest BCUT2D eigenvalue weighted by Crippen LogP contribution is 2.43. The van der Waals surface area contributed by atoms with Crippen LogP contribution in [0.2, 0.25) is 0 Å². The molecule has 0 radical (unpaired) electrons. The number of hydrogen-bond acceptors (Lipinski definition) is 11. The maximum absolute atomic E-state index is 12.7. The van der Waals surface area contributed by atoms with E-state index < -0.39 is 29.2 Å². The van der Waals surface area contributed by atoms with Gasteiger partial charge in [-0.2, -0.15) is 0 Å². The maximum atomic E-state index is 12.7. The average molecular weight is 471 g/mol. The first-order valence-electron chi connectivity index (χ1n) is 8.45. The fraction of sp³-hybridized carbons (Fsp3) is 0.312. The number of nitrogens with two attached hydrogens (primary N) is 2. The van der Waals surface area contributed by atoms with Gasteiger partial charge in [-0.05, 0) is 5.41 Å². The fourth-order valence-corrected chi connectivity index (χ4v) is 5.66. The van der Waals surface area contributed by atoms with Crippen LogP contribution in [0.15, 0.2) is 32.6 Å². The van der Waals surface area contributed by atoms with Crippen LogP contribution in [0.5, 0.6) is 0 Å². The van der Waals surface area contributed by atoms with Crippen molar-refractivity contribution in [2.45, 2.75) is 11.4 Å². The van der Waals surface area contributed by atoms with Crippen LogP contribution in [-0.4, -0.2) is 69.3 Å². The van der Waals surface area contributed by atoms with Gasteiger partial charge >= 0.3 is 5.97 Å². The number of thiazole rings is 1. The van der Waals surface area contributed by atoms with Gasteiger partial charge in [0.1, 0.15) is 29.9 Å². The van der Waals surface area contributed by atoms with Crippen molar-refractivity contribution >= 4 is 63.5 Å². The number of amides is 2. The zero-order chi connectivity index (χ0) is 21.8. The average Bonchev–Trinajstić information content (AvgIpc) is 3.15. The van der Waals surface area contributed by atoms with Crippen LogP contribution in [0.3, 0.4) is 0 Å². The monoisotopic (exact) mass is 470 g/mol. The SMILES string of the molecule is CO/N=C(\C(=O)NC1C(=O)N2C(C(=O)O)=C(S/C=C\CN)CS[C@H]12)c1csc(N)n1. The predicted octanol–water partition coefficient (Wildman–Crippen LogP) is -0.0225. The van der Waals surface area contributed by atoms with Crippen molar-refractivity contribution in [3.8, 4) is 0 Å². The van der Waals surface area contributed by atoms with E-state index in [0.717, 1.165) is 11.3 Å². The molecule has 1 aromatic heterocycles. The Labute approximate surface area is 183 Å². The lowest BCUT2D eigenvalue weighted by Gasteiger charge is -2.49. The number of carbonyl (C=O) groups is 3. The third-order valence-electron chi connectivity index (χ3n) is 4.03. The number of β-lactam (4-membered cyclic amide) rings is 1. The topological polar surface area (TPSA) is 173 Å². The molecule has 1 aromatic rings. The largest absolute Gasteiger partial charge is 0.477 e. The molecule has 1 saturated heterocycles. The molecule has 1 unspecified atom stereocenters. The first-order valence-corrected chi connectivity index (χ1v) is 11.3. The highest BCUT2D eigenvalue weighted by molar-refractivity contribution is 8.08. The summed E-state index contributed by atoms with van der Waals surface area (Å²) < 4.78 is 0. The lowest BCUT2D eigenvalue weighted by Crippen LogP contribution is -2.71. The van der Waals surface area contributed by atoms with Gasteiger partial charge in [0, 0.05) is 22.6 Å². The zero-order valence-corrected chi connectivity index (χ0v) is 18.1. The molecule has 0 bridgehead atoms. The van der Waals surface area contributed by atoms with E-state index in [4.69, 9.17) is 16.3 Å². The Bertz CT molecular complexity index is 959. The molecule has 2 amide bonds. The van der Waals surface area contributed by atoms with Crippen LogP contribution in [0.25, 0.3) is 0 Å². The number of anilines is 1. The maximum Gasteiger partial charge on any atom is 0.353 e. The van der Waals surface area contributed by atoms with Crippen molar-refractivity contribution in [3.63, 3.8) is 0 Å². The molecule has 0 saturated carbocycles. The molecule has 0 aliphatic carbocycles. The molecule has 160 valence electrons. The minimum absolute atomic E-state index is 0.0843. The second-order valence-electron chi connectivity index (χ2n) is 5.86. The van der Waals surface area contributed by atoms with Gasteiger partial charge in [-0.15, -0.1) is 23.1 Å². The number of carboxylic acid groups (broad SMARTS) is 1. The number of carboxylic acids is 1. The van der Waals surface area contributed by atoms with E-state index in [1.165, 1.54) is 35.5 Å². The molecular weight excluding hydrogens is 452 g/mol. The summed E-state index contributed by atoms with van der Waals surface area (Å²) in [6, 6.07) is -0.902. The van der Waals surface area contributed by atoms with Gasteiger partial charge in [-0.25, -0.2) is 9.78 Å². The molecule has 1 fully saturated rings. The van der Waals surface area contributed by atoms with E-state index in [1.807, 2.05) is 0 Å². The number of aromatic nitrogens is 1. The van der Waals surface area contributed by atoms with Gasteiger partial charge in [0.2, 0.25) is 0 Å². The highest BCUT2D eigenvalue weighted by atomic mass is 32.2. The molecule has 3 heterocycles. The van der Waals surface area contributed by atoms with Gasteiger partial charge < -0.3 is 26.7 Å². The van der Waals surface area contributed by atoms with E-state index in [0.29, 0.717) is 17.2 Å². The molecule has 2 atom stereocenters. The van der Waals surface area contributed by atoms with Gasteiger partial charge in [-0.3, -0.25) is 14.5 Å². The van der Waals surface area contributed by atoms with Crippen molar-refractivity contribution < 1.29 is 24.3 Å². The lowest BCUT2D eigenvalue weighted by atomic mass is 10.0. The van der Waals surface area contributed by atoms with Crippen molar-refractivity contribution in [1.29, 1.82) is 0 Å². The number of nitrogens with one attached hydrogen (secondary N) is 1. The Hall–Kier alpha value is -2.55.